The van der Waals surface area contributed by atoms with Gasteiger partial charge in [-0.25, -0.2) is 13.6 Å². The van der Waals surface area contributed by atoms with Crippen molar-refractivity contribution in [2.45, 2.75) is 50.5 Å². The Morgan fingerprint density at radius 1 is 1.08 bits per heavy atom. The molecule has 138 valence electrons. The van der Waals surface area contributed by atoms with Crippen LogP contribution in [0, 0.1) is 6.92 Å². The van der Waals surface area contributed by atoms with Crippen LogP contribution in [0.25, 0.3) is 0 Å². The van der Waals surface area contributed by atoms with E-state index in [9.17, 15) is 13.2 Å². The fourth-order valence-electron chi connectivity index (χ4n) is 3.40. The SMILES string of the molecule is Cc1ccc(S(N)(=O)=O)cc1C(=O)N[C@@H](C)c1ccc2c(c1)CCCC2. The van der Waals surface area contributed by atoms with Gasteiger partial charge in [-0.2, -0.15) is 0 Å². The second kappa shape index (κ2) is 7.21. The first-order valence-corrected chi connectivity index (χ1v) is 10.4. The number of sulfonamides is 1. The lowest BCUT2D eigenvalue weighted by Gasteiger charge is -2.20. The molecule has 0 unspecified atom stereocenters. The van der Waals surface area contributed by atoms with E-state index < -0.39 is 10.0 Å². The van der Waals surface area contributed by atoms with Crippen LogP contribution in [0.15, 0.2) is 41.3 Å². The standard InChI is InChI=1S/C20H24N2O3S/c1-13-7-10-18(26(21,24)25)12-19(13)20(23)22-14(2)16-9-8-15-5-3-4-6-17(15)11-16/h7-12,14H,3-6H2,1-2H3,(H,22,23)(H2,21,24,25)/t14-/m0/s1. The van der Waals surface area contributed by atoms with Gasteiger partial charge in [0.2, 0.25) is 10.0 Å². The van der Waals surface area contributed by atoms with Crippen LogP contribution in [-0.2, 0) is 22.9 Å². The Hall–Kier alpha value is -2.18. The molecule has 0 fully saturated rings. The molecule has 5 nitrogen and oxygen atoms in total. The number of carbonyl (C=O) groups is 1. The van der Waals surface area contributed by atoms with E-state index in [1.54, 1.807) is 13.0 Å². The summed E-state index contributed by atoms with van der Waals surface area (Å²) >= 11 is 0. The largest absolute Gasteiger partial charge is 0.346 e. The second-order valence-corrected chi connectivity index (χ2v) is 8.51. The van der Waals surface area contributed by atoms with E-state index in [-0.39, 0.29) is 16.8 Å². The quantitative estimate of drug-likeness (QED) is 0.864. The van der Waals surface area contributed by atoms with Crippen LogP contribution in [0.5, 0.6) is 0 Å². The number of hydrogen-bond donors (Lipinski definition) is 2. The van der Waals surface area contributed by atoms with Gasteiger partial charge in [0, 0.05) is 5.56 Å². The average Bonchev–Trinajstić information content (AvgIpc) is 2.60. The lowest BCUT2D eigenvalue weighted by Crippen LogP contribution is -2.28. The maximum absolute atomic E-state index is 12.7. The van der Waals surface area contributed by atoms with E-state index >= 15 is 0 Å². The monoisotopic (exact) mass is 372 g/mol. The smallest absolute Gasteiger partial charge is 0.252 e. The lowest BCUT2D eigenvalue weighted by atomic mass is 9.89. The van der Waals surface area contributed by atoms with Crippen LogP contribution in [-0.4, -0.2) is 14.3 Å². The average molecular weight is 372 g/mol. The van der Waals surface area contributed by atoms with Crippen molar-refractivity contribution < 1.29 is 13.2 Å². The van der Waals surface area contributed by atoms with Crippen LogP contribution in [0.1, 0.15) is 58.4 Å². The highest BCUT2D eigenvalue weighted by Crippen LogP contribution is 2.25. The van der Waals surface area contributed by atoms with Gasteiger partial charge in [0.25, 0.3) is 5.91 Å². The Labute approximate surface area is 154 Å². The number of carbonyl (C=O) groups excluding carboxylic acids is 1. The summed E-state index contributed by atoms with van der Waals surface area (Å²) in [5.41, 5.74) is 4.84. The molecule has 2 aromatic rings. The summed E-state index contributed by atoms with van der Waals surface area (Å²) in [4.78, 5) is 12.6. The van der Waals surface area contributed by atoms with Gasteiger partial charge in [0.05, 0.1) is 10.9 Å². The van der Waals surface area contributed by atoms with Crippen LogP contribution in [0.4, 0.5) is 0 Å². The normalized spacial score (nSPS) is 15.2. The van der Waals surface area contributed by atoms with Crippen LogP contribution < -0.4 is 10.5 Å². The Morgan fingerprint density at radius 3 is 2.46 bits per heavy atom. The van der Waals surface area contributed by atoms with Crippen molar-refractivity contribution in [3.8, 4) is 0 Å². The number of amides is 1. The molecule has 1 aliphatic carbocycles. The maximum Gasteiger partial charge on any atom is 0.252 e. The van der Waals surface area contributed by atoms with Gasteiger partial charge < -0.3 is 5.32 Å². The second-order valence-electron chi connectivity index (χ2n) is 6.95. The lowest BCUT2D eigenvalue weighted by molar-refractivity contribution is 0.0939. The molecule has 2 aromatic carbocycles. The third-order valence-electron chi connectivity index (χ3n) is 5.00. The summed E-state index contributed by atoms with van der Waals surface area (Å²) in [5.74, 6) is -0.307. The Kier molecular flexibility index (Phi) is 5.16. The molecule has 0 spiro atoms. The molecule has 1 aliphatic rings. The van der Waals surface area contributed by atoms with Crippen LogP contribution in [0.3, 0.4) is 0 Å². The fourth-order valence-corrected chi connectivity index (χ4v) is 3.94. The Bertz CT molecular complexity index is 952. The number of nitrogens with one attached hydrogen (secondary N) is 1. The van der Waals surface area contributed by atoms with Crippen molar-refractivity contribution in [2.24, 2.45) is 5.14 Å². The third kappa shape index (κ3) is 3.97. The van der Waals surface area contributed by atoms with Crippen molar-refractivity contribution >= 4 is 15.9 Å². The van der Waals surface area contributed by atoms with E-state index in [1.165, 1.54) is 36.1 Å². The summed E-state index contributed by atoms with van der Waals surface area (Å²) in [6.07, 6.45) is 4.64. The minimum Gasteiger partial charge on any atom is -0.346 e. The van der Waals surface area contributed by atoms with Crippen molar-refractivity contribution in [3.63, 3.8) is 0 Å². The zero-order valence-corrected chi connectivity index (χ0v) is 15.9. The summed E-state index contributed by atoms with van der Waals surface area (Å²) in [6, 6.07) is 10.5. The Morgan fingerprint density at radius 2 is 1.77 bits per heavy atom. The number of fused-ring (bicyclic) bond motifs is 1. The first kappa shape index (κ1) is 18.6. The topological polar surface area (TPSA) is 89.3 Å². The number of benzene rings is 2. The van der Waals surface area contributed by atoms with Gasteiger partial charge in [-0.05, 0) is 73.9 Å². The van der Waals surface area contributed by atoms with Gasteiger partial charge >= 0.3 is 0 Å². The van der Waals surface area contributed by atoms with E-state index in [2.05, 4.69) is 23.5 Å². The van der Waals surface area contributed by atoms with Crippen LogP contribution >= 0.6 is 0 Å². The predicted molar refractivity (Wildman–Crippen MR) is 102 cm³/mol. The summed E-state index contributed by atoms with van der Waals surface area (Å²) in [5, 5.41) is 8.14. The highest BCUT2D eigenvalue weighted by Gasteiger charge is 2.18. The van der Waals surface area contributed by atoms with Crippen LogP contribution in [0.2, 0.25) is 0 Å². The van der Waals surface area contributed by atoms with Gasteiger partial charge in [-0.3, -0.25) is 4.79 Å². The Balaban J connectivity index is 1.81. The minimum absolute atomic E-state index is 0.0605. The van der Waals surface area contributed by atoms with Crippen molar-refractivity contribution in [1.82, 2.24) is 5.32 Å². The zero-order chi connectivity index (χ0) is 18.9. The number of primary sulfonamides is 1. The van der Waals surface area contributed by atoms with Gasteiger partial charge in [-0.1, -0.05) is 24.3 Å². The minimum atomic E-state index is -3.85. The third-order valence-corrected chi connectivity index (χ3v) is 5.91. The molecule has 0 heterocycles. The summed E-state index contributed by atoms with van der Waals surface area (Å²) in [7, 11) is -3.85. The molecule has 1 atom stereocenters. The molecule has 0 saturated heterocycles. The molecule has 26 heavy (non-hydrogen) atoms. The number of hydrogen-bond acceptors (Lipinski definition) is 3. The maximum atomic E-state index is 12.7. The predicted octanol–water partition coefficient (Wildman–Crippen LogP) is 3.01. The van der Waals surface area contributed by atoms with Gasteiger partial charge in [-0.15, -0.1) is 0 Å². The molecule has 0 aromatic heterocycles. The molecular weight excluding hydrogens is 348 g/mol. The number of rotatable bonds is 4. The highest BCUT2D eigenvalue weighted by molar-refractivity contribution is 7.89. The van der Waals surface area contributed by atoms with E-state index in [4.69, 9.17) is 5.14 Å². The zero-order valence-electron chi connectivity index (χ0n) is 15.1. The molecular formula is C20H24N2O3S. The van der Waals surface area contributed by atoms with Crippen molar-refractivity contribution in [2.75, 3.05) is 0 Å². The molecule has 3 rings (SSSR count). The van der Waals surface area contributed by atoms with Gasteiger partial charge in [0.15, 0.2) is 0 Å². The fraction of sp³-hybridized carbons (Fsp3) is 0.350. The van der Waals surface area contributed by atoms with Crippen molar-refractivity contribution in [1.29, 1.82) is 0 Å². The van der Waals surface area contributed by atoms with E-state index in [0.29, 0.717) is 11.1 Å². The highest BCUT2D eigenvalue weighted by atomic mass is 32.2. The molecule has 1 amide bonds. The first-order chi connectivity index (χ1) is 12.3. The van der Waals surface area contributed by atoms with Crippen molar-refractivity contribution in [3.05, 3.63) is 64.2 Å². The molecule has 0 saturated carbocycles. The molecule has 3 N–H and O–H groups in total. The molecule has 0 bridgehead atoms. The molecule has 0 aliphatic heterocycles. The summed E-state index contributed by atoms with van der Waals surface area (Å²) < 4.78 is 23.1. The van der Waals surface area contributed by atoms with Gasteiger partial charge in [0.1, 0.15) is 0 Å². The number of nitrogens with two attached hydrogens (primary N) is 1. The summed E-state index contributed by atoms with van der Waals surface area (Å²) in [6.45, 7) is 3.70. The van der Waals surface area contributed by atoms with E-state index in [0.717, 1.165) is 18.4 Å². The molecule has 6 heteroatoms. The molecule has 0 radical (unpaired) electrons. The van der Waals surface area contributed by atoms with E-state index in [1.807, 2.05) is 6.92 Å². The first-order valence-electron chi connectivity index (χ1n) is 8.82. The number of aryl methyl sites for hydroxylation is 3.